The number of rotatable bonds is 4. The molecule has 1 heterocycles. The van der Waals surface area contributed by atoms with E-state index in [-0.39, 0.29) is 5.91 Å². The van der Waals surface area contributed by atoms with Gasteiger partial charge in [0, 0.05) is 25.2 Å². The van der Waals surface area contributed by atoms with Gasteiger partial charge in [0.25, 0.3) is 5.91 Å². The third-order valence-corrected chi connectivity index (χ3v) is 3.35. The molecule has 18 heavy (non-hydrogen) atoms. The van der Waals surface area contributed by atoms with Gasteiger partial charge in [-0.15, -0.1) is 0 Å². The van der Waals surface area contributed by atoms with Gasteiger partial charge in [-0.2, -0.15) is 0 Å². The van der Waals surface area contributed by atoms with Crippen LogP contribution in [0.1, 0.15) is 30.6 Å². The summed E-state index contributed by atoms with van der Waals surface area (Å²) in [5, 5.41) is 9.55. The number of carbonyl (C=O) groups excluding carboxylic acids is 1. The molecule has 3 N–H and O–H groups in total. The molecule has 98 valence electrons. The normalized spacial score (nSPS) is 15.0. The number of hydrogen-bond donors (Lipinski definition) is 3. The standard InChI is InChI=1S/C14H21N3O/c1-3-10(2)9-17-14(18)11-4-5-12-13(8-11)16-7-6-15-12/h4-5,8,10,15-16H,3,6-7,9H2,1-2H3,(H,17,18). The summed E-state index contributed by atoms with van der Waals surface area (Å²) in [6.07, 6.45) is 1.08. The zero-order valence-electron chi connectivity index (χ0n) is 11.0. The average molecular weight is 247 g/mol. The maximum absolute atomic E-state index is 12.0. The molecule has 1 atom stereocenters. The predicted octanol–water partition coefficient (Wildman–Crippen LogP) is 2.30. The first-order valence-corrected chi connectivity index (χ1v) is 6.60. The second kappa shape index (κ2) is 5.76. The van der Waals surface area contributed by atoms with Crippen molar-refractivity contribution in [3.63, 3.8) is 0 Å². The lowest BCUT2D eigenvalue weighted by Gasteiger charge is -2.20. The average Bonchev–Trinajstić information content (AvgIpc) is 2.43. The van der Waals surface area contributed by atoms with E-state index in [1.54, 1.807) is 0 Å². The van der Waals surface area contributed by atoms with Crippen molar-refractivity contribution in [2.24, 2.45) is 5.92 Å². The molecule has 1 unspecified atom stereocenters. The Morgan fingerprint density at radius 2 is 2.06 bits per heavy atom. The quantitative estimate of drug-likeness (QED) is 0.765. The van der Waals surface area contributed by atoms with Crippen molar-refractivity contribution in [2.45, 2.75) is 20.3 Å². The summed E-state index contributed by atoms with van der Waals surface area (Å²) in [4.78, 5) is 12.0. The minimum absolute atomic E-state index is 0.00507. The monoisotopic (exact) mass is 247 g/mol. The summed E-state index contributed by atoms with van der Waals surface area (Å²) in [5.41, 5.74) is 2.80. The van der Waals surface area contributed by atoms with E-state index in [2.05, 4.69) is 29.8 Å². The number of hydrogen-bond acceptors (Lipinski definition) is 3. The van der Waals surface area contributed by atoms with Crippen LogP contribution < -0.4 is 16.0 Å². The third kappa shape index (κ3) is 2.94. The van der Waals surface area contributed by atoms with Crippen LogP contribution in [0.4, 0.5) is 11.4 Å². The third-order valence-electron chi connectivity index (χ3n) is 3.35. The molecule has 0 spiro atoms. The highest BCUT2D eigenvalue weighted by molar-refractivity contribution is 5.96. The highest BCUT2D eigenvalue weighted by Gasteiger charge is 2.12. The molecule has 2 rings (SSSR count). The van der Waals surface area contributed by atoms with Crippen LogP contribution >= 0.6 is 0 Å². The minimum Gasteiger partial charge on any atom is -0.382 e. The first-order valence-electron chi connectivity index (χ1n) is 6.60. The zero-order chi connectivity index (χ0) is 13.0. The number of amides is 1. The SMILES string of the molecule is CCC(C)CNC(=O)c1ccc2c(c1)NCCN2. The number of carbonyl (C=O) groups is 1. The Kier molecular flexibility index (Phi) is 4.07. The summed E-state index contributed by atoms with van der Waals surface area (Å²) >= 11 is 0. The molecule has 4 nitrogen and oxygen atoms in total. The van der Waals surface area contributed by atoms with Crippen LogP contribution in [0.15, 0.2) is 18.2 Å². The van der Waals surface area contributed by atoms with Crippen molar-refractivity contribution >= 4 is 17.3 Å². The van der Waals surface area contributed by atoms with E-state index in [4.69, 9.17) is 0 Å². The molecule has 4 heteroatoms. The van der Waals surface area contributed by atoms with Crippen LogP contribution in [-0.2, 0) is 0 Å². The van der Waals surface area contributed by atoms with Gasteiger partial charge >= 0.3 is 0 Å². The van der Waals surface area contributed by atoms with Crippen molar-refractivity contribution in [3.05, 3.63) is 23.8 Å². The molecule has 1 amide bonds. The number of anilines is 2. The van der Waals surface area contributed by atoms with Crippen LogP contribution in [0.3, 0.4) is 0 Å². The predicted molar refractivity (Wildman–Crippen MR) is 75.2 cm³/mol. The lowest BCUT2D eigenvalue weighted by atomic mass is 10.1. The maximum Gasteiger partial charge on any atom is 0.251 e. The Labute approximate surface area is 108 Å². The maximum atomic E-state index is 12.0. The fourth-order valence-corrected chi connectivity index (χ4v) is 1.89. The molecular weight excluding hydrogens is 226 g/mol. The van der Waals surface area contributed by atoms with Gasteiger partial charge < -0.3 is 16.0 Å². The van der Waals surface area contributed by atoms with Crippen molar-refractivity contribution < 1.29 is 4.79 Å². The Bertz CT molecular complexity index is 431. The molecule has 0 bridgehead atoms. The van der Waals surface area contributed by atoms with E-state index < -0.39 is 0 Å². The largest absolute Gasteiger partial charge is 0.382 e. The molecule has 0 saturated carbocycles. The van der Waals surface area contributed by atoms with Crippen LogP contribution in [0, 0.1) is 5.92 Å². The van der Waals surface area contributed by atoms with E-state index in [0.717, 1.165) is 37.4 Å². The second-order valence-electron chi connectivity index (χ2n) is 4.84. The van der Waals surface area contributed by atoms with E-state index in [1.807, 2.05) is 18.2 Å². The Morgan fingerprint density at radius 1 is 1.33 bits per heavy atom. The molecule has 0 saturated heterocycles. The Morgan fingerprint density at radius 3 is 2.78 bits per heavy atom. The topological polar surface area (TPSA) is 53.2 Å². The molecule has 0 aliphatic carbocycles. The van der Waals surface area contributed by atoms with Crippen molar-refractivity contribution in [1.29, 1.82) is 0 Å². The van der Waals surface area contributed by atoms with Gasteiger partial charge in [-0.05, 0) is 24.1 Å². The number of nitrogens with one attached hydrogen (secondary N) is 3. The Balaban J connectivity index is 2.02. The van der Waals surface area contributed by atoms with Crippen LogP contribution in [0.2, 0.25) is 0 Å². The van der Waals surface area contributed by atoms with E-state index in [0.29, 0.717) is 11.5 Å². The van der Waals surface area contributed by atoms with E-state index in [9.17, 15) is 4.79 Å². The zero-order valence-corrected chi connectivity index (χ0v) is 11.0. The van der Waals surface area contributed by atoms with Gasteiger partial charge in [0.1, 0.15) is 0 Å². The molecule has 1 aromatic rings. The summed E-state index contributed by atoms with van der Waals surface area (Å²) in [6, 6.07) is 5.73. The summed E-state index contributed by atoms with van der Waals surface area (Å²) < 4.78 is 0. The number of benzene rings is 1. The minimum atomic E-state index is 0.00507. The van der Waals surface area contributed by atoms with Gasteiger partial charge in [0.15, 0.2) is 0 Å². The number of fused-ring (bicyclic) bond motifs is 1. The highest BCUT2D eigenvalue weighted by Crippen LogP contribution is 2.25. The van der Waals surface area contributed by atoms with Gasteiger partial charge in [-0.1, -0.05) is 20.3 Å². The molecule has 1 aliphatic heterocycles. The fourth-order valence-electron chi connectivity index (χ4n) is 1.89. The smallest absolute Gasteiger partial charge is 0.251 e. The van der Waals surface area contributed by atoms with Gasteiger partial charge in [0.2, 0.25) is 0 Å². The molecule has 0 radical (unpaired) electrons. The molecule has 1 aromatic carbocycles. The van der Waals surface area contributed by atoms with Crippen molar-refractivity contribution in [2.75, 3.05) is 30.3 Å². The summed E-state index contributed by atoms with van der Waals surface area (Å²) in [6.45, 7) is 6.82. The molecule has 1 aliphatic rings. The fraction of sp³-hybridized carbons (Fsp3) is 0.500. The van der Waals surface area contributed by atoms with Crippen LogP contribution in [0.25, 0.3) is 0 Å². The second-order valence-corrected chi connectivity index (χ2v) is 4.84. The van der Waals surface area contributed by atoms with Crippen LogP contribution in [0.5, 0.6) is 0 Å². The van der Waals surface area contributed by atoms with Gasteiger partial charge in [-0.3, -0.25) is 4.79 Å². The van der Waals surface area contributed by atoms with Crippen molar-refractivity contribution in [3.8, 4) is 0 Å². The lowest BCUT2D eigenvalue weighted by Crippen LogP contribution is -2.28. The van der Waals surface area contributed by atoms with Gasteiger partial charge in [0.05, 0.1) is 11.4 Å². The Hall–Kier alpha value is -1.71. The van der Waals surface area contributed by atoms with E-state index in [1.165, 1.54) is 0 Å². The van der Waals surface area contributed by atoms with Gasteiger partial charge in [-0.25, -0.2) is 0 Å². The molecule has 0 fully saturated rings. The first kappa shape index (κ1) is 12.7. The highest BCUT2D eigenvalue weighted by atomic mass is 16.1. The van der Waals surface area contributed by atoms with E-state index >= 15 is 0 Å². The van der Waals surface area contributed by atoms with Crippen molar-refractivity contribution in [1.82, 2.24) is 5.32 Å². The summed E-state index contributed by atoms with van der Waals surface area (Å²) in [7, 11) is 0. The molecule has 0 aromatic heterocycles. The molecular formula is C14H21N3O. The summed E-state index contributed by atoms with van der Waals surface area (Å²) in [5.74, 6) is 0.525. The van der Waals surface area contributed by atoms with Crippen LogP contribution in [-0.4, -0.2) is 25.5 Å². The first-order chi connectivity index (χ1) is 8.70. The lowest BCUT2D eigenvalue weighted by molar-refractivity contribution is 0.0948.